The van der Waals surface area contributed by atoms with Gasteiger partial charge in [-0.05, 0) is 42.2 Å². The second kappa shape index (κ2) is 9.17. The van der Waals surface area contributed by atoms with Crippen molar-refractivity contribution in [3.8, 4) is 34.6 Å². The van der Waals surface area contributed by atoms with E-state index in [-0.39, 0.29) is 5.56 Å². The van der Waals surface area contributed by atoms with Gasteiger partial charge in [-0.1, -0.05) is 23.9 Å². The zero-order valence-corrected chi connectivity index (χ0v) is 17.0. The maximum Gasteiger partial charge on any atom is 0.270 e. The summed E-state index contributed by atoms with van der Waals surface area (Å²) < 4.78 is 16.6. The molecular formula is C21H19N3O4S. The molecule has 0 aliphatic heterocycles. The molecule has 1 aromatic heterocycles. The summed E-state index contributed by atoms with van der Waals surface area (Å²) in [5.74, 6) is 1.75. The first-order valence-corrected chi connectivity index (χ1v) is 9.84. The highest BCUT2D eigenvalue weighted by Gasteiger charge is 2.16. The van der Waals surface area contributed by atoms with Gasteiger partial charge < -0.3 is 19.2 Å². The Kier molecular flexibility index (Phi) is 6.42. The highest BCUT2D eigenvalue weighted by molar-refractivity contribution is 7.98. The summed E-state index contributed by atoms with van der Waals surface area (Å²) in [5.41, 5.74) is 1.29. The van der Waals surface area contributed by atoms with Gasteiger partial charge in [-0.15, -0.1) is 0 Å². The summed E-state index contributed by atoms with van der Waals surface area (Å²) in [6, 6.07) is 14.7. The highest BCUT2D eigenvalue weighted by Crippen LogP contribution is 2.33. The number of rotatable bonds is 7. The van der Waals surface area contributed by atoms with Gasteiger partial charge in [0.05, 0.1) is 19.9 Å². The second-order valence-corrected chi connectivity index (χ2v) is 6.71. The monoisotopic (exact) mass is 409 g/mol. The Hall–Kier alpha value is -3.44. The molecule has 0 spiro atoms. The van der Waals surface area contributed by atoms with Crippen LogP contribution in [0.3, 0.4) is 0 Å². The van der Waals surface area contributed by atoms with Crippen LogP contribution in [0.15, 0.2) is 52.4 Å². The average molecular weight is 409 g/mol. The maximum atomic E-state index is 12.2. The molecular weight excluding hydrogens is 390 g/mol. The fraction of sp³-hybridized carbons (Fsp3) is 0.190. The summed E-state index contributed by atoms with van der Waals surface area (Å²) in [7, 11) is 3.15. The number of aromatic amines is 1. The highest BCUT2D eigenvalue weighted by atomic mass is 32.2. The molecule has 1 heterocycles. The fourth-order valence-electron chi connectivity index (χ4n) is 2.72. The van der Waals surface area contributed by atoms with Gasteiger partial charge in [0, 0.05) is 5.56 Å². The number of nitrogens with zero attached hydrogens (tertiary/aromatic N) is 2. The van der Waals surface area contributed by atoms with Crippen molar-refractivity contribution in [3.63, 3.8) is 0 Å². The Morgan fingerprint density at radius 2 is 1.97 bits per heavy atom. The van der Waals surface area contributed by atoms with Crippen LogP contribution in [0.1, 0.15) is 11.1 Å². The number of methoxy groups -OCH3 is 2. The molecule has 2 aromatic carbocycles. The number of nitriles is 1. The van der Waals surface area contributed by atoms with Crippen molar-refractivity contribution in [1.82, 2.24) is 9.97 Å². The van der Waals surface area contributed by atoms with E-state index in [0.29, 0.717) is 34.5 Å². The molecule has 0 bridgehead atoms. The minimum atomic E-state index is -0.475. The Morgan fingerprint density at radius 3 is 2.66 bits per heavy atom. The predicted molar refractivity (Wildman–Crippen MR) is 111 cm³/mol. The summed E-state index contributed by atoms with van der Waals surface area (Å²) in [6.45, 7) is 0.293. The zero-order chi connectivity index (χ0) is 20.8. The van der Waals surface area contributed by atoms with Crippen LogP contribution in [0, 0.1) is 11.3 Å². The molecule has 0 amide bonds. The van der Waals surface area contributed by atoms with E-state index < -0.39 is 5.56 Å². The number of nitrogens with one attached hydrogen (secondary N) is 1. The van der Waals surface area contributed by atoms with Gasteiger partial charge in [-0.2, -0.15) is 5.26 Å². The van der Waals surface area contributed by atoms with Gasteiger partial charge in [0.15, 0.2) is 16.7 Å². The molecule has 0 radical (unpaired) electrons. The lowest BCUT2D eigenvalue weighted by Gasteiger charge is -2.13. The van der Waals surface area contributed by atoms with Gasteiger partial charge in [-0.3, -0.25) is 4.79 Å². The summed E-state index contributed by atoms with van der Waals surface area (Å²) in [4.78, 5) is 19.2. The lowest BCUT2D eigenvalue weighted by molar-refractivity contribution is 0.284. The molecule has 0 aliphatic rings. The van der Waals surface area contributed by atoms with E-state index in [1.165, 1.54) is 11.8 Å². The van der Waals surface area contributed by atoms with E-state index in [1.54, 1.807) is 38.7 Å². The largest absolute Gasteiger partial charge is 0.497 e. The summed E-state index contributed by atoms with van der Waals surface area (Å²) >= 11 is 1.29. The SMILES string of the molecule is COc1cccc(COc2cc(-c3nc(SC)[nH]c(=O)c3C#N)ccc2OC)c1. The molecule has 3 rings (SSSR count). The Labute approximate surface area is 172 Å². The van der Waals surface area contributed by atoms with Crippen molar-refractivity contribution in [2.75, 3.05) is 20.5 Å². The van der Waals surface area contributed by atoms with Gasteiger partial charge >= 0.3 is 0 Å². The Morgan fingerprint density at radius 1 is 1.14 bits per heavy atom. The van der Waals surface area contributed by atoms with Crippen molar-refractivity contribution >= 4 is 11.8 Å². The summed E-state index contributed by atoms with van der Waals surface area (Å²) in [5, 5.41) is 9.84. The molecule has 0 saturated heterocycles. The third-order valence-corrected chi connectivity index (χ3v) is 4.75. The lowest BCUT2D eigenvalue weighted by Crippen LogP contribution is -2.14. The molecule has 0 saturated carbocycles. The third-order valence-electron chi connectivity index (χ3n) is 4.17. The van der Waals surface area contributed by atoms with Crippen LogP contribution in [0.2, 0.25) is 0 Å². The van der Waals surface area contributed by atoms with Crippen LogP contribution in [-0.2, 0) is 6.61 Å². The fourth-order valence-corrected chi connectivity index (χ4v) is 3.10. The van der Waals surface area contributed by atoms with Gasteiger partial charge in [0.25, 0.3) is 5.56 Å². The number of benzene rings is 2. The van der Waals surface area contributed by atoms with Gasteiger partial charge in [0.1, 0.15) is 24.0 Å². The van der Waals surface area contributed by atoms with E-state index in [4.69, 9.17) is 14.2 Å². The molecule has 3 aromatic rings. The standard InChI is InChI=1S/C21H19N3O4S/c1-26-15-6-4-5-13(9-15)12-28-18-10-14(7-8-17(18)27-2)19-16(11-22)20(25)24-21(23-19)29-3/h4-10H,12H2,1-3H3,(H,23,24,25). The number of ether oxygens (including phenoxy) is 3. The number of aromatic nitrogens is 2. The molecule has 7 nitrogen and oxygen atoms in total. The van der Waals surface area contributed by atoms with Crippen LogP contribution in [0.5, 0.6) is 17.2 Å². The third kappa shape index (κ3) is 4.52. The smallest absolute Gasteiger partial charge is 0.270 e. The number of thioether (sulfide) groups is 1. The number of H-pyrrole nitrogens is 1. The van der Waals surface area contributed by atoms with E-state index in [0.717, 1.165) is 11.3 Å². The van der Waals surface area contributed by atoms with E-state index in [1.807, 2.05) is 30.3 Å². The Balaban J connectivity index is 1.98. The van der Waals surface area contributed by atoms with E-state index in [2.05, 4.69) is 9.97 Å². The van der Waals surface area contributed by atoms with Crippen LogP contribution in [0.4, 0.5) is 0 Å². The van der Waals surface area contributed by atoms with Crippen LogP contribution in [0.25, 0.3) is 11.3 Å². The van der Waals surface area contributed by atoms with Crippen molar-refractivity contribution in [3.05, 3.63) is 63.9 Å². The molecule has 0 aliphatic carbocycles. The van der Waals surface area contributed by atoms with E-state index in [9.17, 15) is 10.1 Å². The van der Waals surface area contributed by atoms with E-state index >= 15 is 0 Å². The molecule has 8 heteroatoms. The first-order valence-electron chi connectivity index (χ1n) is 8.62. The van der Waals surface area contributed by atoms with Crippen molar-refractivity contribution in [2.45, 2.75) is 11.8 Å². The Bertz CT molecular complexity index is 1120. The second-order valence-electron chi connectivity index (χ2n) is 5.92. The van der Waals surface area contributed by atoms with Crippen LogP contribution >= 0.6 is 11.8 Å². The molecule has 1 N–H and O–H groups in total. The zero-order valence-electron chi connectivity index (χ0n) is 16.2. The molecule has 0 fully saturated rings. The first kappa shape index (κ1) is 20.3. The minimum absolute atomic E-state index is 0.0493. The minimum Gasteiger partial charge on any atom is -0.497 e. The van der Waals surface area contributed by atoms with Crippen molar-refractivity contribution in [1.29, 1.82) is 5.26 Å². The quantitative estimate of drug-likeness (QED) is 0.470. The van der Waals surface area contributed by atoms with Gasteiger partial charge in [0.2, 0.25) is 0 Å². The summed E-state index contributed by atoms with van der Waals surface area (Å²) in [6.07, 6.45) is 1.80. The normalized spacial score (nSPS) is 10.3. The average Bonchev–Trinajstić information content (AvgIpc) is 2.76. The number of hydrogen-bond donors (Lipinski definition) is 1. The molecule has 0 unspecified atom stereocenters. The number of hydrogen-bond acceptors (Lipinski definition) is 7. The topological polar surface area (TPSA) is 97.2 Å². The molecule has 29 heavy (non-hydrogen) atoms. The lowest BCUT2D eigenvalue weighted by atomic mass is 10.1. The van der Waals surface area contributed by atoms with Crippen molar-refractivity contribution < 1.29 is 14.2 Å². The molecule has 0 atom stereocenters. The molecule has 148 valence electrons. The van der Waals surface area contributed by atoms with Gasteiger partial charge in [-0.25, -0.2) is 4.98 Å². The first-order chi connectivity index (χ1) is 14.1. The predicted octanol–water partition coefficient (Wildman–Crippen LogP) is 3.63. The maximum absolute atomic E-state index is 12.2. The van der Waals surface area contributed by atoms with Crippen LogP contribution < -0.4 is 19.8 Å². The van der Waals surface area contributed by atoms with Crippen LogP contribution in [-0.4, -0.2) is 30.4 Å². The van der Waals surface area contributed by atoms with Crippen molar-refractivity contribution in [2.24, 2.45) is 0 Å².